The van der Waals surface area contributed by atoms with Crippen LogP contribution in [0.1, 0.15) is 52.2 Å². The Bertz CT molecular complexity index is 867. The van der Waals surface area contributed by atoms with Crippen LogP contribution < -0.4 is 14.8 Å². The normalized spacial score (nSPS) is 16.8. The van der Waals surface area contributed by atoms with E-state index in [0.29, 0.717) is 30.4 Å². The molecule has 1 aliphatic carbocycles. The van der Waals surface area contributed by atoms with Gasteiger partial charge in [-0.05, 0) is 49.4 Å². The third kappa shape index (κ3) is 3.19. The van der Waals surface area contributed by atoms with E-state index in [-0.39, 0.29) is 17.7 Å². The summed E-state index contributed by atoms with van der Waals surface area (Å²) in [5.74, 6) is 1.67. The summed E-state index contributed by atoms with van der Waals surface area (Å²) in [6.45, 7) is 2.59. The molecule has 0 bridgehead atoms. The van der Waals surface area contributed by atoms with Crippen LogP contribution in [0.3, 0.4) is 0 Å². The first-order valence-corrected chi connectivity index (χ1v) is 8.90. The van der Waals surface area contributed by atoms with Gasteiger partial charge in [0.15, 0.2) is 17.3 Å². The van der Waals surface area contributed by atoms with Crippen LogP contribution in [0.25, 0.3) is 0 Å². The van der Waals surface area contributed by atoms with E-state index in [1.807, 2.05) is 18.2 Å². The van der Waals surface area contributed by atoms with E-state index in [0.717, 1.165) is 29.9 Å². The molecule has 6 heteroatoms. The number of benzene rings is 1. The molecule has 6 nitrogen and oxygen atoms in total. The Morgan fingerprint density at radius 1 is 1.15 bits per heavy atom. The number of nitrogens with zero attached hydrogens (tertiary/aromatic N) is 1. The van der Waals surface area contributed by atoms with Crippen molar-refractivity contribution >= 4 is 11.7 Å². The Morgan fingerprint density at radius 2 is 1.88 bits per heavy atom. The molecule has 2 aliphatic rings. The molecule has 0 spiro atoms. The fourth-order valence-electron chi connectivity index (χ4n) is 3.35. The van der Waals surface area contributed by atoms with Crippen molar-refractivity contribution in [3.8, 4) is 11.5 Å². The van der Waals surface area contributed by atoms with Crippen LogP contribution in [0.5, 0.6) is 11.5 Å². The lowest BCUT2D eigenvalue weighted by molar-refractivity contribution is 0.0923. The van der Waals surface area contributed by atoms with Gasteiger partial charge in [-0.3, -0.25) is 9.59 Å². The smallest absolute Gasteiger partial charge is 0.268 e. The van der Waals surface area contributed by atoms with E-state index >= 15 is 0 Å². The molecule has 26 heavy (non-hydrogen) atoms. The number of aryl methyl sites for hydroxylation is 1. The molecule has 0 unspecified atom stereocenters. The summed E-state index contributed by atoms with van der Waals surface area (Å²) in [5.41, 5.74) is 2.05. The maximum atomic E-state index is 12.8. The highest BCUT2D eigenvalue weighted by Crippen LogP contribution is 2.43. The van der Waals surface area contributed by atoms with Crippen LogP contribution in [-0.4, -0.2) is 29.5 Å². The number of aromatic nitrogens is 1. The van der Waals surface area contributed by atoms with E-state index < -0.39 is 0 Å². The predicted octanol–water partition coefficient (Wildman–Crippen LogP) is 2.88. The highest BCUT2D eigenvalue weighted by atomic mass is 16.6. The molecule has 0 radical (unpaired) electrons. The number of nitrogens with one attached hydrogen (secondary N) is 1. The average molecular weight is 354 g/mol. The molecular formula is C20H22N2O4. The van der Waals surface area contributed by atoms with Gasteiger partial charge in [0.1, 0.15) is 18.9 Å². The summed E-state index contributed by atoms with van der Waals surface area (Å²) < 4.78 is 12.9. The van der Waals surface area contributed by atoms with Gasteiger partial charge in [-0.2, -0.15) is 0 Å². The van der Waals surface area contributed by atoms with Gasteiger partial charge < -0.3 is 19.4 Å². The van der Waals surface area contributed by atoms with Crippen molar-refractivity contribution in [1.82, 2.24) is 9.88 Å². The highest BCUT2D eigenvalue weighted by molar-refractivity contribution is 5.99. The molecule has 1 amide bonds. The molecule has 1 aromatic heterocycles. The quantitative estimate of drug-likeness (QED) is 0.838. The van der Waals surface area contributed by atoms with E-state index in [9.17, 15) is 9.59 Å². The minimum Gasteiger partial charge on any atom is -0.486 e. The maximum Gasteiger partial charge on any atom is 0.268 e. The zero-order chi connectivity index (χ0) is 18.3. The monoisotopic (exact) mass is 354 g/mol. The Balaban J connectivity index is 1.58. The number of hydrogen-bond acceptors (Lipinski definition) is 4. The highest BCUT2D eigenvalue weighted by Gasteiger charge is 2.34. The summed E-state index contributed by atoms with van der Waals surface area (Å²) in [4.78, 5) is 24.4. The van der Waals surface area contributed by atoms with Gasteiger partial charge >= 0.3 is 0 Å². The molecule has 1 N–H and O–H groups in total. The number of carbonyl (C=O) groups excluding carboxylic acids is 2. The molecule has 0 saturated heterocycles. The minimum absolute atomic E-state index is 0.0507. The number of ketones is 1. The zero-order valence-corrected chi connectivity index (χ0v) is 15.0. The summed E-state index contributed by atoms with van der Waals surface area (Å²) in [6.07, 6.45) is 3.86. The maximum absolute atomic E-state index is 12.8. The first kappa shape index (κ1) is 16.7. The Hall–Kier alpha value is -2.76. The molecule has 1 fully saturated rings. The van der Waals surface area contributed by atoms with Gasteiger partial charge in [0.2, 0.25) is 0 Å². The second-order valence-corrected chi connectivity index (χ2v) is 6.97. The summed E-state index contributed by atoms with van der Waals surface area (Å²) in [7, 11) is 1.78. The van der Waals surface area contributed by atoms with Crippen molar-refractivity contribution in [2.45, 2.75) is 25.8 Å². The number of Topliss-reactive ketones (excluding diaryl/α,β-unsaturated/α-hetero) is 1. The molecule has 136 valence electrons. The van der Waals surface area contributed by atoms with Gasteiger partial charge in [0.05, 0.1) is 6.04 Å². The van der Waals surface area contributed by atoms with Crippen molar-refractivity contribution in [3.05, 3.63) is 47.3 Å². The summed E-state index contributed by atoms with van der Waals surface area (Å²) >= 11 is 0. The third-order valence-electron chi connectivity index (χ3n) is 4.95. The SMILES string of the molecule is CC(=O)c1cc(C(=O)N[C@H](c2ccc3c(c2)OCCO3)C2CC2)n(C)c1. The van der Waals surface area contributed by atoms with Crippen LogP contribution in [0.4, 0.5) is 0 Å². The van der Waals surface area contributed by atoms with Gasteiger partial charge in [-0.1, -0.05) is 6.07 Å². The van der Waals surface area contributed by atoms with E-state index in [4.69, 9.17) is 9.47 Å². The van der Waals surface area contributed by atoms with Crippen molar-refractivity contribution in [1.29, 1.82) is 0 Å². The van der Waals surface area contributed by atoms with Crippen LogP contribution >= 0.6 is 0 Å². The second kappa shape index (κ2) is 6.52. The van der Waals surface area contributed by atoms with Gasteiger partial charge in [0.25, 0.3) is 5.91 Å². The first-order valence-electron chi connectivity index (χ1n) is 8.90. The Labute approximate surface area is 152 Å². The van der Waals surface area contributed by atoms with Gasteiger partial charge in [-0.25, -0.2) is 0 Å². The number of ether oxygens (including phenoxy) is 2. The lowest BCUT2D eigenvalue weighted by Crippen LogP contribution is -2.31. The standard InChI is InChI=1S/C20H22N2O4/c1-12(23)15-9-16(22(2)11-15)20(24)21-19(13-3-4-13)14-5-6-17-18(10-14)26-8-7-25-17/h5-6,9-11,13,19H,3-4,7-8H2,1-2H3,(H,21,24)/t19-/m0/s1. The third-order valence-corrected chi connectivity index (χ3v) is 4.95. The molecule has 4 rings (SSSR count). The molecule has 1 saturated carbocycles. The van der Waals surface area contributed by atoms with Crippen LogP contribution in [0.2, 0.25) is 0 Å². The van der Waals surface area contributed by atoms with Crippen LogP contribution in [-0.2, 0) is 7.05 Å². The van der Waals surface area contributed by atoms with Crippen molar-refractivity contribution in [2.75, 3.05) is 13.2 Å². The molecule has 1 atom stereocenters. The van der Waals surface area contributed by atoms with E-state index in [1.54, 1.807) is 23.9 Å². The summed E-state index contributed by atoms with van der Waals surface area (Å²) in [5, 5.41) is 3.14. The number of amides is 1. The topological polar surface area (TPSA) is 69.6 Å². The molecule has 2 heterocycles. The number of rotatable bonds is 5. The van der Waals surface area contributed by atoms with Crippen LogP contribution in [0.15, 0.2) is 30.5 Å². The number of carbonyl (C=O) groups is 2. The lowest BCUT2D eigenvalue weighted by atomic mass is 10.0. The fourth-order valence-corrected chi connectivity index (χ4v) is 3.35. The average Bonchev–Trinajstić information content (AvgIpc) is 3.40. The Morgan fingerprint density at radius 3 is 2.54 bits per heavy atom. The molecule has 1 aromatic carbocycles. The minimum atomic E-state index is -0.174. The zero-order valence-electron chi connectivity index (χ0n) is 15.0. The van der Waals surface area contributed by atoms with Gasteiger partial charge in [-0.15, -0.1) is 0 Å². The Kier molecular flexibility index (Phi) is 4.18. The predicted molar refractivity (Wildman–Crippen MR) is 95.8 cm³/mol. The first-order chi connectivity index (χ1) is 12.5. The summed E-state index contributed by atoms with van der Waals surface area (Å²) in [6, 6.07) is 7.42. The van der Waals surface area contributed by atoms with Crippen LogP contribution in [0, 0.1) is 5.92 Å². The van der Waals surface area contributed by atoms with Crippen molar-refractivity contribution in [3.63, 3.8) is 0 Å². The van der Waals surface area contributed by atoms with Crippen molar-refractivity contribution in [2.24, 2.45) is 13.0 Å². The lowest BCUT2D eigenvalue weighted by Gasteiger charge is -2.23. The number of fused-ring (bicyclic) bond motifs is 1. The molecular weight excluding hydrogens is 332 g/mol. The van der Waals surface area contributed by atoms with E-state index in [1.165, 1.54) is 6.92 Å². The molecule has 2 aromatic rings. The number of hydrogen-bond donors (Lipinski definition) is 1. The largest absolute Gasteiger partial charge is 0.486 e. The van der Waals surface area contributed by atoms with Gasteiger partial charge in [0, 0.05) is 18.8 Å². The second-order valence-electron chi connectivity index (χ2n) is 6.97. The fraction of sp³-hybridized carbons (Fsp3) is 0.400. The molecule has 1 aliphatic heterocycles. The van der Waals surface area contributed by atoms with Crippen molar-refractivity contribution < 1.29 is 19.1 Å². The van der Waals surface area contributed by atoms with E-state index in [2.05, 4.69) is 5.32 Å².